The lowest BCUT2D eigenvalue weighted by Crippen LogP contribution is -2.13. The van der Waals surface area contributed by atoms with Gasteiger partial charge in [0.1, 0.15) is 5.82 Å². The highest BCUT2D eigenvalue weighted by Crippen LogP contribution is 2.31. The van der Waals surface area contributed by atoms with E-state index in [-0.39, 0.29) is 13.2 Å². The molecular formula is C21H21FN2O3. The van der Waals surface area contributed by atoms with Crippen LogP contribution in [0.25, 0.3) is 11.1 Å². The van der Waals surface area contributed by atoms with Crippen LogP contribution in [0.4, 0.5) is 10.1 Å². The number of halogens is 1. The molecule has 1 aromatic heterocycles. The second kappa shape index (κ2) is 8.31. The fourth-order valence-electron chi connectivity index (χ4n) is 2.50. The molecule has 2 N–H and O–H groups in total. The first-order valence-electron chi connectivity index (χ1n) is 7.88. The molecule has 2 aromatic carbocycles. The highest BCUT2D eigenvalue weighted by atomic mass is 19.1. The molecule has 0 radical (unpaired) electrons. The van der Waals surface area contributed by atoms with Crippen molar-refractivity contribution in [1.82, 2.24) is 4.98 Å². The van der Waals surface area contributed by atoms with Crippen molar-refractivity contribution >= 4 is 11.6 Å². The van der Waals surface area contributed by atoms with E-state index in [1.54, 1.807) is 37.4 Å². The topological polar surface area (TPSA) is 71.5 Å². The van der Waals surface area contributed by atoms with Crippen LogP contribution in [0.1, 0.15) is 23.3 Å². The maximum Gasteiger partial charge on any atom is 0.257 e. The molecule has 0 saturated heterocycles. The number of aryl methyl sites for hydroxylation is 1. The Hall–Kier alpha value is -3.41. The lowest BCUT2D eigenvalue weighted by atomic mass is 10.0. The van der Waals surface area contributed by atoms with Crippen LogP contribution in [0, 0.1) is 12.7 Å². The Balaban J connectivity index is 0.00000261. The number of carbonyl (C=O) groups excluding carboxylic acids is 1. The number of aromatic nitrogens is 1. The van der Waals surface area contributed by atoms with Crippen molar-refractivity contribution in [2.45, 2.75) is 14.4 Å². The SMILES string of the molecule is C.COc1cc(-c2cncc(C(=O)Nc3cc(F)ccc3C)c2)ccc1O. The van der Waals surface area contributed by atoms with Gasteiger partial charge in [-0.25, -0.2) is 4.39 Å². The minimum atomic E-state index is -0.422. The average Bonchev–Trinajstić information content (AvgIpc) is 2.65. The molecule has 0 spiro atoms. The number of nitrogens with zero attached hydrogens (tertiary/aromatic N) is 1. The average molecular weight is 368 g/mol. The van der Waals surface area contributed by atoms with Gasteiger partial charge >= 0.3 is 0 Å². The first kappa shape index (κ1) is 19.9. The Morgan fingerprint density at radius 1 is 1.11 bits per heavy atom. The summed E-state index contributed by atoms with van der Waals surface area (Å²) in [6, 6.07) is 10.8. The van der Waals surface area contributed by atoms with E-state index in [1.807, 2.05) is 0 Å². The zero-order chi connectivity index (χ0) is 18.7. The number of amides is 1. The van der Waals surface area contributed by atoms with Crippen LogP contribution in [-0.4, -0.2) is 23.1 Å². The van der Waals surface area contributed by atoms with Crippen LogP contribution >= 0.6 is 0 Å². The number of hydrogen-bond acceptors (Lipinski definition) is 4. The molecule has 3 rings (SSSR count). The highest BCUT2D eigenvalue weighted by Gasteiger charge is 2.11. The van der Waals surface area contributed by atoms with E-state index >= 15 is 0 Å². The Kier molecular flexibility index (Phi) is 6.13. The number of phenolic OH excluding ortho intramolecular Hbond substituents is 1. The molecule has 6 heteroatoms. The normalized spacial score (nSPS) is 10.0. The summed E-state index contributed by atoms with van der Waals surface area (Å²) in [5.41, 5.74) is 2.92. The largest absolute Gasteiger partial charge is 0.504 e. The molecule has 0 saturated carbocycles. The summed E-state index contributed by atoms with van der Waals surface area (Å²) >= 11 is 0. The number of anilines is 1. The number of phenols is 1. The van der Waals surface area contributed by atoms with Gasteiger partial charge in [0, 0.05) is 23.6 Å². The number of rotatable bonds is 4. The quantitative estimate of drug-likeness (QED) is 0.694. The third-order valence-electron chi connectivity index (χ3n) is 3.96. The van der Waals surface area contributed by atoms with E-state index in [2.05, 4.69) is 10.3 Å². The van der Waals surface area contributed by atoms with Gasteiger partial charge in [-0.1, -0.05) is 19.6 Å². The predicted molar refractivity (Wildman–Crippen MR) is 104 cm³/mol. The first-order valence-corrected chi connectivity index (χ1v) is 7.88. The molecule has 0 aliphatic heterocycles. The lowest BCUT2D eigenvalue weighted by Gasteiger charge is -2.10. The van der Waals surface area contributed by atoms with E-state index in [4.69, 9.17) is 4.74 Å². The maximum atomic E-state index is 13.4. The maximum absolute atomic E-state index is 13.4. The summed E-state index contributed by atoms with van der Waals surface area (Å²) in [6.07, 6.45) is 3.04. The second-order valence-corrected chi connectivity index (χ2v) is 5.76. The minimum absolute atomic E-state index is 0. The molecule has 0 aliphatic carbocycles. The second-order valence-electron chi connectivity index (χ2n) is 5.76. The molecule has 1 heterocycles. The third-order valence-corrected chi connectivity index (χ3v) is 3.96. The van der Waals surface area contributed by atoms with Crippen LogP contribution < -0.4 is 10.1 Å². The summed E-state index contributed by atoms with van der Waals surface area (Å²) in [4.78, 5) is 16.6. The minimum Gasteiger partial charge on any atom is -0.504 e. The van der Waals surface area contributed by atoms with Gasteiger partial charge in [-0.05, 0) is 48.4 Å². The fourth-order valence-corrected chi connectivity index (χ4v) is 2.50. The highest BCUT2D eigenvalue weighted by molar-refractivity contribution is 6.05. The van der Waals surface area contributed by atoms with Gasteiger partial charge in [-0.3, -0.25) is 9.78 Å². The Bertz CT molecular complexity index is 973. The molecule has 5 nitrogen and oxygen atoms in total. The predicted octanol–water partition coefficient (Wildman–Crippen LogP) is 4.80. The van der Waals surface area contributed by atoms with Crippen molar-refractivity contribution in [2.24, 2.45) is 0 Å². The van der Waals surface area contributed by atoms with Crippen LogP contribution in [0.15, 0.2) is 54.9 Å². The zero-order valence-corrected chi connectivity index (χ0v) is 14.3. The van der Waals surface area contributed by atoms with Gasteiger partial charge in [-0.15, -0.1) is 0 Å². The van der Waals surface area contributed by atoms with Crippen molar-refractivity contribution in [3.63, 3.8) is 0 Å². The molecule has 3 aromatic rings. The van der Waals surface area contributed by atoms with Gasteiger partial charge in [-0.2, -0.15) is 0 Å². The Morgan fingerprint density at radius 3 is 2.63 bits per heavy atom. The van der Waals surface area contributed by atoms with Crippen LogP contribution in [-0.2, 0) is 0 Å². The molecule has 140 valence electrons. The molecule has 0 bridgehead atoms. The molecule has 0 aliphatic rings. The number of ether oxygens (including phenoxy) is 1. The summed E-state index contributed by atoms with van der Waals surface area (Å²) in [7, 11) is 1.46. The van der Waals surface area contributed by atoms with E-state index in [0.717, 1.165) is 11.1 Å². The number of carbonyl (C=O) groups is 1. The van der Waals surface area contributed by atoms with Crippen molar-refractivity contribution in [2.75, 3.05) is 12.4 Å². The third kappa shape index (κ3) is 4.41. The fraction of sp³-hybridized carbons (Fsp3) is 0.143. The van der Waals surface area contributed by atoms with Crippen LogP contribution in [0.3, 0.4) is 0 Å². The number of benzene rings is 2. The summed E-state index contributed by atoms with van der Waals surface area (Å²) < 4.78 is 18.5. The molecule has 0 unspecified atom stereocenters. The summed E-state index contributed by atoms with van der Waals surface area (Å²) in [6.45, 7) is 1.78. The van der Waals surface area contributed by atoms with Gasteiger partial charge in [0.05, 0.1) is 12.7 Å². The van der Waals surface area contributed by atoms with Gasteiger partial charge in [0.15, 0.2) is 11.5 Å². The van der Waals surface area contributed by atoms with Gasteiger partial charge in [0.25, 0.3) is 5.91 Å². The molecular weight excluding hydrogens is 347 g/mol. The van der Waals surface area contributed by atoms with Crippen LogP contribution in [0.5, 0.6) is 11.5 Å². The van der Waals surface area contributed by atoms with E-state index in [9.17, 15) is 14.3 Å². The van der Waals surface area contributed by atoms with Crippen LogP contribution in [0.2, 0.25) is 0 Å². The monoisotopic (exact) mass is 368 g/mol. The Labute approximate surface area is 157 Å². The number of pyridine rings is 1. The number of aromatic hydroxyl groups is 1. The summed E-state index contributed by atoms with van der Waals surface area (Å²) in [5.74, 6) is -0.458. The standard InChI is InChI=1S/C20H17FN2O3.CH4/c1-12-3-5-16(21)9-17(12)23-20(25)15-7-14(10-22-11-15)13-4-6-18(24)19(8-13)26-2;/h3-11,24H,1-2H3,(H,23,25);1H4. The molecule has 1 amide bonds. The van der Waals surface area contributed by atoms with Crippen molar-refractivity contribution in [3.8, 4) is 22.6 Å². The molecule has 27 heavy (non-hydrogen) atoms. The van der Waals surface area contributed by atoms with Crippen molar-refractivity contribution < 1.29 is 19.0 Å². The van der Waals surface area contributed by atoms with E-state index in [1.165, 1.54) is 31.5 Å². The number of methoxy groups -OCH3 is 1. The molecule has 0 fully saturated rings. The van der Waals surface area contributed by atoms with Crippen molar-refractivity contribution in [3.05, 3.63) is 71.8 Å². The van der Waals surface area contributed by atoms with Crippen molar-refractivity contribution in [1.29, 1.82) is 0 Å². The van der Waals surface area contributed by atoms with E-state index < -0.39 is 11.7 Å². The number of hydrogen-bond donors (Lipinski definition) is 2. The van der Waals surface area contributed by atoms with Gasteiger partial charge < -0.3 is 15.2 Å². The summed E-state index contributed by atoms with van der Waals surface area (Å²) in [5, 5.41) is 12.4. The lowest BCUT2D eigenvalue weighted by molar-refractivity contribution is 0.102. The molecule has 0 atom stereocenters. The van der Waals surface area contributed by atoms with E-state index in [0.29, 0.717) is 22.6 Å². The Morgan fingerprint density at radius 2 is 1.89 bits per heavy atom. The van der Waals surface area contributed by atoms with Gasteiger partial charge in [0.2, 0.25) is 0 Å². The first-order chi connectivity index (χ1) is 12.5. The smallest absolute Gasteiger partial charge is 0.257 e. The number of nitrogens with one attached hydrogen (secondary N) is 1. The zero-order valence-electron chi connectivity index (χ0n) is 14.3.